The molecule has 0 aromatic carbocycles. The van der Waals surface area contributed by atoms with Crippen molar-refractivity contribution in [3.63, 3.8) is 0 Å². The number of quaternary nitrogens is 1. The number of unbranched alkanes of at least 4 members (excludes halogenated alkanes) is 8. The van der Waals surface area contributed by atoms with Gasteiger partial charge in [-0.05, 0) is 39.5 Å². The third-order valence-electron chi connectivity index (χ3n) is 4.81. The molecule has 0 unspecified atom stereocenters. The molecule has 0 atom stereocenters. The summed E-state index contributed by atoms with van der Waals surface area (Å²) in [7, 11) is 0. The Morgan fingerprint density at radius 3 is 1.30 bits per heavy atom. The van der Waals surface area contributed by atoms with Gasteiger partial charge in [0.1, 0.15) is 0 Å². The second-order valence-corrected chi connectivity index (χ2v) is 6.25. The monoisotopic (exact) mass is 284 g/mol. The van der Waals surface area contributed by atoms with E-state index in [4.69, 9.17) is 0 Å². The highest BCUT2D eigenvalue weighted by atomic mass is 15.3. The van der Waals surface area contributed by atoms with E-state index < -0.39 is 0 Å². The van der Waals surface area contributed by atoms with Crippen LogP contribution in [0, 0.1) is 0 Å². The zero-order valence-corrected chi connectivity index (χ0v) is 14.3. The number of hydrogen-bond acceptors (Lipinski definition) is 0. The molecule has 2 heteroatoms. The SMILES string of the molecule is B.CCCCCCCCC[N+](CC)(CC)CCCCC. The normalized spacial score (nSPS) is 11.4. The van der Waals surface area contributed by atoms with Gasteiger partial charge in [0.05, 0.1) is 34.6 Å². The molecule has 0 aromatic heterocycles. The Labute approximate surface area is 131 Å². The largest absolute Gasteiger partial charge is 0.324 e. The molecule has 0 aliphatic heterocycles. The highest BCUT2D eigenvalue weighted by Gasteiger charge is 2.21. The molecule has 0 fully saturated rings. The molecule has 0 aliphatic rings. The van der Waals surface area contributed by atoms with Crippen molar-refractivity contribution >= 4 is 8.41 Å². The molecular formula is C18H43BN+. The predicted octanol–water partition coefficient (Wildman–Crippen LogP) is 4.60. The van der Waals surface area contributed by atoms with E-state index in [1.165, 1.54) is 94.9 Å². The lowest BCUT2D eigenvalue weighted by Crippen LogP contribution is -2.49. The molecule has 0 heterocycles. The topological polar surface area (TPSA) is 0 Å². The minimum Gasteiger partial charge on any atom is -0.324 e. The van der Waals surface area contributed by atoms with Gasteiger partial charge < -0.3 is 4.48 Å². The lowest BCUT2D eigenvalue weighted by Gasteiger charge is -2.37. The third-order valence-corrected chi connectivity index (χ3v) is 4.81. The summed E-state index contributed by atoms with van der Waals surface area (Å²) in [6, 6.07) is 0. The summed E-state index contributed by atoms with van der Waals surface area (Å²) in [4.78, 5) is 0. The van der Waals surface area contributed by atoms with Gasteiger partial charge in [-0.25, -0.2) is 0 Å². The highest BCUT2D eigenvalue weighted by molar-refractivity contribution is 5.75. The molecular weight excluding hydrogens is 241 g/mol. The Morgan fingerprint density at radius 1 is 0.500 bits per heavy atom. The fourth-order valence-electron chi connectivity index (χ4n) is 3.07. The van der Waals surface area contributed by atoms with E-state index in [0.717, 1.165) is 0 Å². The first-order chi connectivity index (χ1) is 9.24. The number of hydrogen-bond donors (Lipinski definition) is 0. The summed E-state index contributed by atoms with van der Waals surface area (Å²) >= 11 is 0. The van der Waals surface area contributed by atoms with Crippen LogP contribution in [0.25, 0.3) is 0 Å². The van der Waals surface area contributed by atoms with Crippen LogP contribution < -0.4 is 0 Å². The quantitative estimate of drug-likeness (QED) is 0.248. The van der Waals surface area contributed by atoms with Crippen LogP contribution in [-0.4, -0.2) is 39.1 Å². The molecule has 0 spiro atoms. The standard InChI is InChI=1S/C18H40N.BH3/c1-5-9-11-12-13-14-16-18-19(7-3,8-4)17-15-10-6-2;/h5-18H2,1-4H3;1H3/q+1;. The Bertz CT molecular complexity index is 178. The Kier molecular flexibility index (Phi) is 17.2. The van der Waals surface area contributed by atoms with Gasteiger partial charge in [-0.3, -0.25) is 0 Å². The van der Waals surface area contributed by atoms with E-state index in [9.17, 15) is 0 Å². The van der Waals surface area contributed by atoms with Crippen molar-refractivity contribution in [1.82, 2.24) is 0 Å². The van der Waals surface area contributed by atoms with E-state index >= 15 is 0 Å². The molecule has 122 valence electrons. The molecule has 1 nitrogen and oxygen atoms in total. The maximum atomic E-state index is 2.39. The summed E-state index contributed by atoms with van der Waals surface area (Å²) in [6.45, 7) is 14.9. The summed E-state index contributed by atoms with van der Waals surface area (Å²) in [6.07, 6.45) is 14.3. The van der Waals surface area contributed by atoms with Gasteiger partial charge in [0.25, 0.3) is 0 Å². The van der Waals surface area contributed by atoms with E-state index in [1.54, 1.807) is 0 Å². The summed E-state index contributed by atoms with van der Waals surface area (Å²) in [5.41, 5.74) is 0. The van der Waals surface area contributed by atoms with Crippen molar-refractivity contribution < 1.29 is 4.48 Å². The maximum Gasteiger partial charge on any atom is 0.0814 e. The van der Waals surface area contributed by atoms with Gasteiger partial charge in [0, 0.05) is 0 Å². The second kappa shape index (κ2) is 15.4. The zero-order valence-electron chi connectivity index (χ0n) is 14.3. The molecule has 0 saturated carbocycles. The first-order valence-corrected chi connectivity index (χ1v) is 9.09. The second-order valence-electron chi connectivity index (χ2n) is 6.25. The van der Waals surface area contributed by atoms with Crippen LogP contribution in [0.2, 0.25) is 0 Å². The molecule has 0 amide bonds. The Morgan fingerprint density at radius 2 is 0.850 bits per heavy atom. The summed E-state index contributed by atoms with van der Waals surface area (Å²) < 4.78 is 1.37. The van der Waals surface area contributed by atoms with Gasteiger partial charge in [0.15, 0.2) is 0 Å². The average molecular weight is 284 g/mol. The molecule has 0 rings (SSSR count). The highest BCUT2D eigenvalue weighted by Crippen LogP contribution is 2.14. The van der Waals surface area contributed by atoms with E-state index in [0.29, 0.717) is 0 Å². The number of nitrogens with zero attached hydrogens (tertiary/aromatic N) is 1. The first-order valence-electron chi connectivity index (χ1n) is 9.09. The van der Waals surface area contributed by atoms with Crippen molar-refractivity contribution in [2.45, 2.75) is 91.9 Å². The van der Waals surface area contributed by atoms with Gasteiger partial charge in [-0.1, -0.05) is 52.4 Å². The van der Waals surface area contributed by atoms with Crippen LogP contribution in [0.5, 0.6) is 0 Å². The average Bonchev–Trinajstić information content (AvgIpc) is 2.45. The fraction of sp³-hybridized carbons (Fsp3) is 1.00. The molecule has 0 saturated heterocycles. The molecule has 0 aliphatic carbocycles. The van der Waals surface area contributed by atoms with Gasteiger partial charge >= 0.3 is 0 Å². The molecule has 0 radical (unpaired) electrons. The summed E-state index contributed by atoms with van der Waals surface area (Å²) in [5, 5.41) is 0. The van der Waals surface area contributed by atoms with Crippen LogP contribution in [0.4, 0.5) is 0 Å². The maximum absolute atomic E-state index is 2.39. The minimum absolute atomic E-state index is 0. The van der Waals surface area contributed by atoms with Crippen LogP contribution in [0.1, 0.15) is 91.9 Å². The van der Waals surface area contributed by atoms with Crippen molar-refractivity contribution in [2.75, 3.05) is 26.2 Å². The minimum atomic E-state index is 0. The van der Waals surface area contributed by atoms with Crippen LogP contribution in [0.15, 0.2) is 0 Å². The smallest absolute Gasteiger partial charge is 0.0814 e. The van der Waals surface area contributed by atoms with Crippen molar-refractivity contribution in [2.24, 2.45) is 0 Å². The van der Waals surface area contributed by atoms with Gasteiger partial charge in [-0.15, -0.1) is 0 Å². The van der Waals surface area contributed by atoms with E-state index in [-0.39, 0.29) is 8.41 Å². The van der Waals surface area contributed by atoms with Gasteiger partial charge in [-0.2, -0.15) is 0 Å². The lowest BCUT2D eigenvalue weighted by molar-refractivity contribution is -0.925. The molecule has 0 bridgehead atoms. The van der Waals surface area contributed by atoms with Crippen LogP contribution in [-0.2, 0) is 0 Å². The third kappa shape index (κ3) is 10.8. The van der Waals surface area contributed by atoms with Crippen LogP contribution in [0.3, 0.4) is 0 Å². The fourth-order valence-corrected chi connectivity index (χ4v) is 3.07. The van der Waals surface area contributed by atoms with E-state index in [2.05, 4.69) is 27.7 Å². The van der Waals surface area contributed by atoms with Crippen LogP contribution >= 0.6 is 0 Å². The molecule has 20 heavy (non-hydrogen) atoms. The van der Waals surface area contributed by atoms with E-state index in [1.807, 2.05) is 0 Å². The predicted molar refractivity (Wildman–Crippen MR) is 98.5 cm³/mol. The lowest BCUT2D eigenvalue weighted by atomic mass is 10.1. The van der Waals surface area contributed by atoms with Crippen molar-refractivity contribution in [1.29, 1.82) is 0 Å². The van der Waals surface area contributed by atoms with Crippen molar-refractivity contribution in [3.8, 4) is 0 Å². The molecule has 0 N–H and O–H groups in total. The number of rotatable bonds is 14. The first kappa shape index (κ1) is 22.3. The zero-order chi connectivity index (χ0) is 14.4. The van der Waals surface area contributed by atoms with Gasteiger partial charge in [0.2, 0.25) is 0 Å². The molecule has 0 aromatic rings. The summed E-state index contributed by atoms with van der Waals surface area (Å²) in [5.74, 6) is 0. The van der Waals surface area contributed by atoms with Crippen molar-refractivity contribution in [3.05, 3.63) is 0 Å². The Balaban J connectivity index is 0. The Hall–Kier alpha value is 0.0249.